The summed E-state index contributed by atoms with van der Waals surface area (Å²) in [4.78, 5) is 2.42. The summed E-state index contributed by atoms with van der Waals surface area (Å²) in [6.07, 6.45) is 4.15. The number of rotatable bonds is 2. The fraction of sp³-hybridized carbons (Fsp3) is 1.00. The van der Waals surface area contributed by atoms with Crippen LogP contribution in [0.2, 0.25) is 0 Å². The minimum Gasteiger partial charge on any atom is -0.310 e. The molecular formula is C10H20N2. The largest absolute Gasteiger partial charge is 0.310 e. The summed E-state index contributed by atoms with van der Waals surface area (Å²) in [5, 5.41) is 3.73. The molecule has 1 atom stereocenters. The zero-order valence-electron chi connectivity index (χ0n) is 8.21. The first kappa shape index (κ1) is 8.52. The molecule has 0 aromatic carbocycles. The van der Waals surface area contributed by atoms with Crippen molar-refractivity contribution in [2.45, 2.75) is 38.3 Å². The van der Waals surface area contributed by atoms with Gasteiger partial charge in [0.15, 0.2) is 0 Å². The molecule has 1 aliphatic heterocycles. The van der Waals surface area contributed by atoms with Crippen molar-refractivity contribution in [1.82, 2.24) is 10.2 Å². The second-order valence-corrected chi connectivity index (χ2v) is 4.69. The Kier molecular flexibility index (Phi) is 2.37. The third-order valence-electron chi connectivity index (χ3n) is 3.24. The van der Waals surface area contributed by atoms with Gasteiger partial charge in [0, 0.05) is 18.6 Å². The fourth-order valence-corrected chi connectivity index (χ4v) is 2.44. The lowest BCUT2D eigenvalue weighted by Gasteiger charge is -2.35. The molecule has 1 heterocycles. The van der Waals surface area contributed by atoms with Crippen LogP contribution < -0.4 is 5.32 Å². The third-order valence-corrected chi connectivity index (χ3v) is 3.24. The van der Waals surface area contributed by atoms with Gasteiger partial charge in [0.1, 0.15) is 0 Å². The summed E-state index contributed by atoms with van der Waals surface area (Å²) in [6.45, 7) is 4.88. The number of hydrogen-bond acceptors (Lipinski definition) is 2. The zero-order valence-corrected chi connectivity index (χ0v) is 8.21. The maximum absolute atomic E-state index is 3.73. The van der Waals surface area contributed by atoms with E-state index in [2.05, 4.69) is 24.2 Å². The highest BCUT2D eigenvalue weighted by atomic mass is 15.2. The molecule has 0 bridgehead atoms. The SMILES string of the molecule is CC1CC(N[C@@H]2CCN(C)C2)C1. The lowest BCUT2D eigenvalue weighted by molar-refractivity contribution is 0.222. The molecule has 1 saturated carbocycles. The number of nitrogens with one attached hydrogen (secondary N) is 1. The van der Waals surface area contributed by atoms with Gasteiger partial charge in [0.2, 0.25) is 0 Å². The molecule has 2 aliphatic rings. The van der Waals surface area contributed by atoms with Crippen LogP contribution >= 0.6 is 0 Å². The minimum atomic E-state index is 0.785. The lowest BCUT2D eigenvalue weighted by Crippen LogP contribution is -2.46. The van der Waals surface area contributed by atoms with Crippen molar-refractivity contribution >= 4 is 0 Å². The van der Waals surface area contributed by atoms with Gasteiger partial charge in [-0.15, -0.1) is 0 Å². The average molecular weight is 168 g/mol. The quantitative estimate of drug-likeness (QED) is 0.663. The highest BCUT2D eigenvalue weighted by Crippen LogP contribution is 2.27. The number of likely N-dealkylation sites (tertiary alicyclic amines) is 1. The summed E-state index contributed by atoms with van der Waals surface area (Å²) in [5.41, 5.74) is 0. The van der Waals surface area contributed by atoms with Crippen molar-refractivity contribution in [3.63, 3.8) is 0 Å². The first-order chi connectivity index (χ1) is 5.74. The predicted octanol–water partition coefficient (Wildman–Crippen LogP) is 1.08. The van der Waals surface area contributed by atoms with Crippen LogP contribution in [0.15, 0.2) is 0 Å². The van der Waals surface area contributed by atoms with E-state index in [1.54, 1.807) is 0 Å². The molecule has 0 aromatic rings. The molecule has 2 rings (SSSR count). The maximum Gasteiger partial charge on any atom is 0.0209 e. The van der Waals surface area contributed by atoms with Gasteiger partial charge in [-0.1, -0.05) is 6.92 Å². The van der Waals surface area contributed by atoms with Gasteiger partial charge in [-0.3, -0.25) is 0 Å². The van der Waals surface area contributed by atoms with E-state index < -0.39 is 0 Å². The Labute approximate surface area is 75.3 Å². The topological polar surface area (TPSA) is 15.3 Å². The Hall–Kier alpha value is -0.0800. The molecule has 0 radical (unpaired) electrons. The molecular weight excluding hydrogens is 148 g/mol. The van der Waals surface area contributed by atoms with Crippen LogP contribution in [-0.2, 0) is 0 Å². The first-order valence-electron chi connectivity index (χ1n) is 5.18. The highest BCUT2D eigenvalue weighted by Gasteiger charge is 2.29. The maximum atomic E-state index is 3.73. The monoisotopic (exact) mass is 168 g/mol. The van der Waals surface area contributed by atoms with Crippen molar-refractivity contribution in [3.05, 3.63) is 0 Å². The molecule has 0 amide bonds. The third kappa shape index (κ3) is 1.80. The number of hydrogen-bond donors (Lipinski definition) is 1. The Morgan fingerprint density at radius 2 is 2.00 bits per heavy atom. The normalized spacial score (nSPS) is 43.0. The molecule has 1 aliphatic carbocycles. The summed E-state index contributed by atoms with van der Waals surface area (Å²) < 4.78 is 0. The van der Waals surface area contributed by atoms with Gasteiger partial charge >= 0.3 is 0 Å². The van der Waals surface area contributed by atoms with Crippen molar-refractivity contribution in [2.24, 2.45) is 5.92 Å². The van der Waals surface area contributed by atoms with Crippen LogP contribution in [0.3, 0.4) is 0 Å². The molecule has 1 saturated heterocycles. The van der Waals surface area contributed by atoms with Gasteiger partial charge in [0.05, 0.1) is 0 Å². The molecule has 2 heteroatoms. The van der Waals surface area contributed by atoms with Gasteiger partial charge < -0.3 is 10.2 Å². The average Bonchev–Trinajstić information content (AvgIpc) is 2.33. The Balaban J connectivity index is 1.67. The number of likely N-dealkylation sites (N-methyl/N-ethyl adjacent to an activating group) is 1. The predicted molar refractivity (Wildman–Crippen MR) is 51.2 cm³/mol. The second kappa shape index (κ2) is 3.35. The van der Waals surface area contributed by atoms with E-state index in [1.807, 2.05) is 0 Å². The second-order valence-electron chi connectivity index (χ2n) is 4.69. The molecule has 0 spiro atoms. The Bertz CT molecular complexity index is 152. The van der Waals surface area contributed by atoms with Crippen molar-refractivity contribution < 1.29 is 0 Å². The fourth-order valence-electron chi connectivity index (χ4n) is 2.44. The van der Waals surface area contributed by atoms with Gasteiger partial charge in [0.25, 0.3) is 0 Å². The van der Waals surface area contributed by atoms with E-state index in [4.69, 9.17) is 0 Å². The van der Waals surface area contributed by atoms with Gasteiger partial charge in [-0.25, -0.2) is 0 Å². The van der Waals surface area contributed by atoms with Crippen LogP contribution in [0.1, 0.15) is 26.2 Å². The Morgan fingerprint density at radius 1 is 1.25 bits per heavy atom. The van der Waals surface area contributed by atoms with Crippen LogP contribution in [0.5, 0.6) is 0 Å². The molecule has 2 fully saturated rings. The van der Waals surface area contributed by atoms with Crippen molar-refractivity contribution in [3.8, 4) is 0 Å². The summed E-state index contributed by atoms with van der Waals surface area (Å²) in [7, 11) is 2.21. The van der Waals surface area contributed by atoms with Gasteiger partial charge in [-0.05, 0) is 38.8 Å². The molecule has 0 aromatic heterocycles. The Morgan fingerprint density at radius 3 is 2.50 bits per heavy atom. The molecule has 12 heavy (non-hydrogen) atoms. The van der Waals surface area contributed by atoms with E-state index in [0.29, 0.717) is 0 Å². The molecule has 70 valence electrons. The van der Waals surface area contributed by atoms with E-state index in [-0.39, 0.29) is 0 Å². The van der Waals surface area contributed by atoms with Crippen molar-refractivity contribution in [1.29, 1.82) is 0 Å². The van der Waals surface area contributed by atoms with Gasteiger partial charge in [-0.2, -0.15) is 0 Å². The molecule has 0 unspecified atom stereocenters. The van der Waals surface area contributed by atoms with E-state index in [0.717, 1.165) is 18.0 Å². The summed E-state index contributed by atoms with van der Waals surface area (Å²) in [5.74, 6) is 0.974. The molecule has 1 N–H and O–H groups in total. The smallest absolute Gasteiger partial charge is 0.0209 e. The van der Waals surface area contributed by atoms with Crippen LogP contribution in [0, 0.1) is 5.92 Å². The summed E-state index contributed by atoms with van der Waals surface area (Å²) >= 11 is 0. The van der Waals surface area contributed by atoms with Crippen LogP contribution in [0.4, 0.5) is 0 Å². The standard InChI is InChI=1S/C10H20N2/c1-8-5-10(6-8)11-9-3-4-12(2)7-9/h8-11H,3-7H2,1-2H3/t8?,9-,10?/m1/s1. The zero-order chi connectivity index (χ0) is 8.55. The minimum absolute atomic E-state index is 0.785. The van der Waals surface area contributed by atoms with Crippen molar-refractivity contribution in [2.75, 3.05) is 20.1 Å². The first-order valence-corrected chi connectivity index (χ1v) is 5.18. The lowest BCUT2D eigenvalue weighted by atomic mass is 9.81. The van der Waals surface area contributed by atoms with E-state index in [1.165, 1.54) is 32.4 Å². The van der Waals surface area contributed by atoms with E-state index >= 15 is 0 Å². The van der Waals surface area contributed by atoms with Crippen LogP contribution in [-0.4, -0.2) is 37.1 Å². The molecule has 2 nitrogen and oxygen atoms in total. The van der Waals surface area contributed by atoms with Crippen LogP contribution in [0.25, 0.3) is 0 Å². The summed E-state index contributed by atoms with van der Waals surface area (Å²) in [6, 6.07) is 1.63. The number of nitrogens with zero attached hydrogens (tertiary/aromatic N) is 1. The highest BCUT2D eigenvalue weighted by molar-refractivity contribution is 4.88. The van der Waals surface area contributed by atoms with E-state index in [9.17, 15) is 0 Å².